The first-order valence-corrected chi connectivity index (χ1v) is 13.3. The van der Waals surface area contributed by atoms with Crippen molar-refractivity contribution in [3.8, 4) is 23.0 Å². The molecule has 1 aromatic heterocycles. The van der Waals surface area contributed by atoms with Gasteiger partial charge in [0.25, 0.3) is 0 Å². The van der Waals surface area contributed by atoms with E-state index >= 15 is 0 Å². The molecule has 37 heavy (non-hydrogen) atoms. The van der Waals surface area contributed by atoms with Crippen LogP contribution in [0, 0.1) is 5.92 Å². The first kappa shape index (κ1) is 24.3. The first-order chi connectivity index (χ1) is 18.2. The zero-order valence-corrected chi connectivity index (χ0v) is 21.6. The minimum Gasteiger partial charge on any atom is -0.490 e. The van der Waals surface area contributed by atoms with Gasteiger partial charge in [-0.2, -0.15) is 0 Å². The fourth-order valence-corrected chi connectivity index (χ4v) is 5.36. The Morgan fingerprint density at radius 3 is 2.76 bits per heavy atom. The second-order valence-electron chi connectivity index (χ2n) is 9.66. The number of hydrogen-bond donors (Lipinski definition) is 2. The van der Waals surface area contributed by atoms with E-state index in [1.54, 1.807) is 12.1 Å². The van der Waals surface area contributed by atoms with E-state index in [2.05, 4.69) is 27.5 Å². The highest BCUT2D eigenvalue weighted by molar-refractivity contribution is 6.34. The van der Waals surface area contributed by atoms with Crippen molar-refractivity contribution in [2.75, 3.05) is 38.4 Å². The van der Waals surface area contributed by atoms with Crippen LogP contribution in [0.1, 0.15) is 32.6 Å². The minimum atomic E-state index is 0.0309. The van der Waals surface area contributed by atoms with Gasteiger partial charge in [-0.25, -0.2) is 9.97 Å². The summed E-state index contributed by atoms with van der Waals surface area (Å²) in [6, 6.07) is 7.48. The van der Waals surface area contributed by atoms with Crippen molar-refractivity contribution in [1.82, 2.24) is 15.3 Å². The van der Waals surface area contributed by atoms with Crippen molar-refractivity contribution in [2.45, 2.75) is 44.8 Å². The summed E-state index contributed by atoms with van der Waals surface area (Å²) in [4.78, 5) is 9.13. The number of anilines is 2. The van der Waals surface area contributed by atoms with Gasteiger partial charge in [-0.15, -0.1) is 0 Å². The van der Waals surface area contributed by atoms with E-state index in [0.29, 0.717) is 52.9 Å². The molecule has 6 rings (SSSR count). The third-order valence-corrected chi connectivity index (χ3v) is 7.55. The van der Waals surface area contributed by atoms with E-state index in [0.717, 1.165) is 55.4 Å². The Labute approximate surface area is 220 Å². The smallest absolute Gasteiger partial charge is 0.231 e. The molecule has 2 N–H and O–H groups in total. The van der Waals surface area contributed by atoms with Gasteiger partial charge in [0.05, 0.1) is 35.2 Å². The third kappa shape index (κ3) is 5.21. The highest BCUT2D eigenvalue weighted by Crippen LogP contribution is 2.46. The quantitative estimate of drug-likeness (QED) is 0.437. The maximum Gasteiger partial charge on any atom is 0.231 e. The summed E-state index contributed by atoms with van der Waals surface area (Å²) in [5.41, 5.74) is 1.31. The normalized spacial score (nSPS) is 19.1. The topological polar surface area (TPSA) is 96.0 Å². The van der Waals surface area contributed by atoms with Crippen molar-refractivity contribution in [2.24, 2.45) is 5.92 Å². The summed E-state index contributed by atoms with van der Waals surface area (Å²) in [5.74, 6) is 3.66. The van der Waals surface area contributed by atoms with Gasteiger partial charge < -0.3 is 34.3 Å². The summed E-state index contributed by atoms with van der Waals surface area (Å²) in [7, 11) is 0. The fraction of sp³-hybridized carbons (Fsp3) is 0.481. The van der Waals surface area contributed by atoms with E-state index in [4.69, 9.17) is 35.3 Å². The van der Waals surface area contributed by atoms with E-state index in [1.165, 1.54) is 6.33 Å². The summed E-state index contributed by atoms with van der Waals surface area (Å²) in [6.45, 7) is 5.69. The Kier molecular flexibility index (Phi) is 7.08. The molecular formula is C27H31ClN4O5. The number of ether oxygens (including phenoxy) is 5. The van der Waals surface area contributed by atoms with Crippen LogP contribution in [-0.4, -0.2) is 55.3 Å². The molecule has 3 aliphatic rings. The Hall–Kier alpha value is -3.01. The molecule has 1 unspecified atom stereocenters. The van der Waals surface area contributed by atoms with Gasteiger partial charge in [-0.3, -0.25) is 0 Å². The van der Waals surface area contributed by atoms with Crippen LogP contribution in [0.3, 0.4) is 0 Å². The van der Waals surface area contributed by atoms with Gasteiger partial charge in [0.1, 0.15) is 35.4 Å². The van der Waals surface area contributed by atoms with Gasteiger partial charge in [-0.05, 0) is 50.9 Å². The van der Waals surface area contributed by atoms with Gasteiger partial charge in [-0.1, -0.05) is 11.6 Å². The number of hydrogen-bond acceptors (Lipinski definition) is 9. The molecule has 2 aromatic carbocycles. The lowest BCUT2D eigenvalue weighted by molar-refractivity contribution is 0.0260. The molecule has 0 aliphatic carbocycles. The molecule has 0 spiro atoms. The van der Waals surface area contributed by atoms with Gasteiger partial charge >= 0.3 is 0 Å². The number of nitrogens with one attached hydrogen (secondary N) is 2. The van der Waals surface area contributed by atoms with Gasteiger partial charge in [0.15, 0.2) is 11.5 Å². The van der Waals surface area contributed by atoms with Crippen LogP contribution in [0.4, 0.5) is 11.5 Å². The zero-order valence-electron chi connectivity index (χ0n) is 20.8. The van der Waals surface area contributed by atoms with E-state index in [-0.39, 0.29) is 19.0 Å². The number of fused-ring (bicyclic) bond motifs is 2. The molecule has 3 aliphatic heterocycles. The summed E-state index contributed by atoms with van der Waals surface area (Å²) >= 11 is 6.55. The third-order valence-electron chi connectivity index (χ3n) is 7.24. The second kappa shape index (κ2) is 10.8. The first-order valence-electron chi connectivity index (χ1n) is 12.9. The van der Waals surface area contributed by atoms with Crippen LogP contribution in [0.15, 0.2) is 30.6 Å². The van der Waals surface area contributed by atoms with E-state index in [9.17, 15) is 0 Å². The lowest BCUT2D eigenvalue weighted by Gasteiger charge is -2.29. The number of halogens is 1. The fourth-order valence-electron chi connectivity index (χ4n) is 5.17. The molecule has 0 amide bonds. The van der Waals surface area contributed by atoms with Crippen LogP contribution in [-0.2, 0) is 4.74 Å². The molecule has 0 bridgehead atoms. The lowest BCUT2D eigenvalue weighted by Crippen LogP contribution is -2.35. The molecule has 4 heterocycles. The van der Waals surface area contributed by atoms with Crippen molar-refractivity contribution in [3.63, 3.8) is 0 Å². The van der Waals surface area contributed by atoms with Crippen molar-refractivity contribution in [3.05, 3.63) is 35.6 Å². The standard InChI is InChI=1S/C27H31ClN4O5/c1-16(17-4-8-29-9-5-17)36-19-12-21-24(23(13-19)37-18-6-10-33-11-7-18)27(31-14-30-21)32-25-20(28)2-3-22-26(25)35-15-34-22/h2-3,12-14,16-18,29H,4-11,15H2,1H3,(H,30,31,32). The molecule has 3 aromatic rings. The molecule has 2 saturated heterocycles. The van der Waals surface area contributed by atoms with Crippen LogP contribution in [0.2, 0.25) is 5.02 Å². The number of piperidine rings is 1. The van der Waals surface area contributed by atoms with Crippen molar-refractivity contribution in [1.29, 1.82) is 0 Å². The average molecular weight is 527 g/mol. The van der Waals surface area contributed by atoms with Gasteiger partial charge in [0.2, 0.25) is 6.79 Å². The molecule has 0 saturated carbocycles. The summed E-state index contributed by atoms with van der Waals surface area (Å²) < 4.78 is 29.8. The summed E-state index contributed by atoms with van der Waals surface area (Å²) in [5, 5.41) is 8.04. The maximum absolute atomic E-state index is 6.56. The molecule has 2 fully saturated rings. The maximum atomic E-state index is 6.56. The Morgan fingerprint density at radius 2 is 1.92 bits per heavy atom. The number of rotatable bonds is 7. The molecule has 0 radical (unpaired) electrons. The van der Waals surface area contributed by atoms with Crippen LogP contribution in [0.5, 0.6) is 23.0 Å². The molecular weight excluding hydrogens is 496 g/mol. The van der Waals surface area contributed by atoms with Crippen LogP contribution < -0.4 is 29.6 Å². The lowest BCUT2D eigenvalue weighted by atomic mass is 9.93. The van der Waals surface area contributed by atoms with E-state index < -0.39 is 0 Å². The second-order valence-corrected chi connectivity index (χ2v) is 10.1. The Bertz CT molecular complexity index is 1260. The Balaban J connectivity index is 1.37. The van der Waals surface area contributed by atoms with Crippen molar-refractivity contribution >= 4 is 34.0 Å². The highest BCUT2D eigenvalue weighted by Gasteiger charge is 2.25. The largest absolute Gasteiger partial charge is 0.490 e. The monoisotopic (exact) mass is 526 g/mol. The highest BCUT2D eigenvalue weighted by atomic mass is 35.5. The SMILES string of the molecule is CC(Oc1cc(OC2CCOCC2)c2c(Nc3c(Cl)ccc4c3OCO4)ncnc2c1)C1CCNCC1. The zero-order chi connectivity index (χ0) is 25.2. The van der Waals surface area contributed by atoms with Crippen LogP contribution >= 0.6 is 11.6 Å². The van der Waals surface area contributed by atoms with Gasteiger partial charge in [0, 0.05) is 25.0 Å². The Morgan fingerprint density at radius 1 is 1.08 bits per heavy atom. The molecule has 196 valence electrons. The van der Waals surface area contributed by atoms with E-state index in [1.807, 2.05) is 12.1 Å². The number of benzene rings is 2. The average Bonchev–Trinajstić information content (AvgIpc) is 3.40. The van der Waals surface area contributed by atoms with Crippen molar-refractivity contribution < 1.29 is 23.7 Å². The minimum absolute atomic E-state index is 0.0309. The molecule has 9 nitrogen and oxygen atoms in total. The predicted molar refractivity (Wildman–Crippen MR) is 141 cm³/mol. The molecule has 1 atom stereocenters. The molecule has 10 heteroatoms. The number of nitrogens with zero attached hydrogens (tertiary/aromatic N) is 2. The summed E-state index contributed by atoms with van der Waals surface area (Å²) in [6.07, 6.45) is 5.47. The predicted octanol–water partition coefficient (Wildman–Crippen LogP) is 5.08. The number of aromatic nitrogens is 2. The van der Waals surface area contributed by atoms with Crippen LogP contribution in [0.25, 0.3) is 10.9 Å².